The first-order valence-corrected chi connectivity index (χ1v) is 11.9. The molecule has 1 saturated carbocycles. The highest BCUT2D eigenvalue weighted by molar-refractivity contribution is 6.30. The fraction of sp³-hybridized carbons (Fsp3) is 0.400. The highest BCUT2D eigenvalue weighted by atomic mass is 35.5. The number of halogens is 1. The van der Waals surface area contributed by atoms with Crippen molar-refractivity contribution in [2.24, 2.45) is 5.92 Å². The number of anilines is 1. The molecule has 9 heteroatoms. The predicted octanol–water partition coefficient (Wildman–Crippen LogP) is 3.67. The molecule has 1 atom stereocenters. The van der Waals surface area contributed by atoms with Gasteiger partial charge < -0.3 is 25.6 Å². The molecule has 2 fully saturated rings. The summed E-state index contributed by atoms with van der Waals surface area (Å²) >= 11 is 6.00. The Hall–Kier alpha value is -3.26. The van der Waals surface area contributed by atoms with E-state index >= 15 is 0 Å². The zero-order valence-corrected chi connectivity index (χ0v) is 19.8. The number of carbonyl (C=O) groups is 3. The first-order valence-electron chi connectivity index (χ1n) is 11.5. The number of nitrogens with one attached hydrogen (secondary N) is 3. The van der Waals surface area contributed by atoms with Gasteiger partial charge in [0, 0.05) is 35.4 Å². The number of urea groups is 1. The highest BCUT2D eigenvalue weighted by Gasteiger charge is 2.36. The average Bonchev–Trinajstić information content (AvgIpc) is 3.66. The van der Waals surface area contributed by atoms with Crippen molar-refractivity contribution in [2.45, 2.75) is 37.8 Å². The molecule has 8 nitrogen and oxygen atoms in total. The van der Waals surface area contributed by atoms with Crippen molar-refractivity contribution in [3.63, 3.8) is 0 Å². The van der Waals surface area contributed by atoms with Gasteiger partial charge in [-0.3, -0.25) is 9.59 Å². The summed E-state index contributed by atoms with van der Waals surface area (Å²) in [5.74, 6) is 0.116. The number of carbonyl (C=O) groups excluding carboxylic acids is 3. The van der Waals surface area contributed by atoms with E-state index in [0.717, 1.165) is 12.8 Å². The van der Waals surface area contributed by atoms with Gasteiger partial charge in [-0.1, -0.05) is 17.7 Å². The first kappa shape index (κ1) is 23.9. The molecule has 4 rings (SSSR count). The van der Waals surface area contributed by atoms with E-state index in [1.807, 2.05) is 0 Å². The molecule has 0 radical (unpaired) electrons. The summed E-state index contributed by atoms with van der Waals surface area (Å²) in [6.07, 6.45) is 3.14. The molecule has 34 heavy (non-hydrogen) atoms. The van der Waals surface area contributed by atoms with E-state index in [4.69, 9.17) is 16.3 Å². The molecule has 1 heterocycles. The Morgan fingerprint density at radius 2 is 1.74 bits per heavy atom. The summed E-state index contributed by atoms with van der Waals surface area (Å²) in [6.45, 7) is 0.978. The van der Waals surface area contributed by atoms with Crippen molar-refractivity contribution in [2.75, 3.05) is 25.5 Å². The number of nitrogens with zero attached hydrogens (tertiary/aromatic N) is 1. The number of methoxy groups -OCH3 is 1. The molecular weight excluding hydrogens is 456 g/mol. The summed E-state index contributed by atoms with van der Waals surface area (Å²) in [4.78, 5) is 40.3. The number of benzene rings is 2. The van der Waals surface area contributed by atoms with Gasteiger partial charge in [0.2, 0.25) is 5.91 Å². The molecule has 1 saturated heterocycles. The Labute approximate surface area is 204 Å². The lowest BCUT2D eigenvalue weighted by Crippen LogP contribution is -2.54. The van der Waals surface area contributed by atoms with E-state index in [1.54, 1.807) is 60.5 Å². The summed E-state index contributed by atoms with van der Waals surface area (Å²) in [7, 11) is 1.56. The lowest BCUT2D eigenvalue weighted by Gasteiger charge is -2.35. The van der Waals surface area contributed by atoms with Crippen LogP contribution < -0.4 is 20.7 Å². The Morgan fingerprint density at radius 1 is 1.03 bits per heavy atom. The summed E-state index contributed by atoms with van der Waals surface area (Å²) in [5, 5.41) is 9.37. The smallest absolute Gasteiger partial charge is 0.321 e. The van der Waals surface area contributed by atoms with Gasteiger partial charge in [0.25, 0.3) is 5.91 Å². The van der Waals surface area contributed by atoms with Crippen molar-refractivity contribution in [1.29, 1.82) is 0 Å². The van der Waals surface area contributed by atoms with Crippen molar-refractivity contribution < 1.29 is 19.1 Å². The minimum absolute atomic E-state index is 0.0730. The second-order valence-corrected chi connectivity index (χ2v) is 9.16. The van der Waals surface area contributed by atoms with Crippen molar-refractivity contribution in [1.82, 2.24) is 15.5 Å². The van der Waals surface area contributed by atoms with E-state index in [0.29, 0.717) is 48.0 Å². The van der Waals surface area contributed by atoms with E-state index in [1.165, 1.54) is 0 Å². The third-order valence-corrected chi connectivity index (χ3v) is 6.45. The molecule has 1 aliphatic heterocycles. The second kappa shape index (κ2) is 10.8. The topological polar surface area (TPSA) is 99.8 Å². The summed E-state index contributed by atoms with van der Waals surface area (Å²) in [6, 6.07) is 13.1. The second-order valence-electron chi connectivity index (χ2n) is 8.73. The molecule has 4 amide bonds. The minimum Gasteiger partial charge on any atom is -0.497 e. The number of hydrogen-bond donors (Lipinski definition) is 3. The van der Waals surface area contributed by atoms with Gasteiger partial charge >= 0.3 is 6.03 Å². The van der Waals surface area contributed by atoms with E-state index < -0.39 is 6.04 Å². The molecule has 0 bridgehead atoms. The number of rotatable bonds is 7. The van der Waals surface area contributed by atoms with Gasteiger partial charge in [0.15, 0.2) is 0 Å². The molecule has 2 aliphatic rings. The lowest BCUT2D eigenvalue weighted by molar-refractivity contribution is -0.124. The maximum absolute atomic E-state index is 13.0. The fourth-order valence-corrected chi connectivity index (χ4v) is 4.28. The Balaban J connectivity index is 1.38. The number of amides is 4. The predicted molar refractivity (Wildman–Crippen MR) is 130 cm³/mol. The van der Waals surface area contributed by atoms with Gasteiger partial charge in [-0.05, 0) is 74.1 Å². The molecule has 1 aliphatic carbocycles. The standard InChI is InChI=1S/C25H29ClN4O4/c1-34-21-9-5-17(6-10-21)23(31)29-22(24(32)27-19-7-8-19)16-11-13-30(14-12-16)25(33)28-20-4-2-3-18(26)15-20/h2-6,9-10,15-16,19,22H,7-8,11-14H2,1H3,(H,27,32)(H,28,33)(H,29,31)/t22-/m0/s1. The monoisotopic (exact) mass is 484 g/mol. The van der Waals surface area contributed by atoms with Crippen LogP contribution in [0.4, 0.5) is 10.5 Å². The lowest BCUT2D eigenvalue weighted by atomic mass is 9.88. The normalized spacial score (nSPS) is 16.9. The van der Waals surface area contributed by atoms with Crippen molar-refractivity contribution in [3.8, 4) is 5.75 Å². The maximum Gasteiger partial charge on any atom is 0.321 e. The van der Waals surface area contributed by atoms with Crippen LogP contribution in [0.1, 0.15) is 36.0 Å². The molecule has 0 unspecified atom stereocenters. The molecule has 3 N–H and O–H groups in total. The molecule has 2 aromatic carbocycles. The van der Waals surface area contributed by atoms with Gasteiger partial charge in [0.1, 0.15) is 11.8 Å². The van der Waals surface area contributed by atoms with Gasteiger partial charge in [-0.25, -0.2) is 4.79 Å². The molecular formula is C25H29ClN4O4. The SMILES string of the molecule is COc1ccc(C(=O)N[C@H](C(=O)NC2CC2)C2CCN(C(=O)Nc3cccc(Cl)c3)CC2)cc1. The van der Waals surface area contributed by atoms with Crippen LogP contribution in [0.2, 0.25) is 5.02 Å². The quantitative estimate of drug-likeness (QED) is 0.558. The van der Waals surface area contributed by atoms with E-state index in [9.17, 15) is 14.4 Å². The Kier molecular flexibility index (Phi) is 7.57. The summed E-state index contributed by atoms with van der Waals surface area (Å²) in [5.41, 5.74) is 1.09. The molecule has 0 spiro atoms. The van der Waals surface area contributed by atoms with E-state index in [2.05, 4.69) is 16.0 Å². The van der Waals surface area contributed by atoms with Crippen LogP contribution >= 0.6 is 11.6 Å². The average molecular weight is 485 g/mol. The van der Waals surface area contributed by atoms with Crippen molar-refractivity contribution in [3.05, 3.63) is 59.1 Å². The third kappa shape index (κ3) is 6.20. The van der Waals surface area contributed by atoms with Crippen LogP contribution in [0, 0.1) is 5.92 Å². The Morgan fingerprint density at radius 3 is 2.35 bits per heavy atom. The molecule has 180 valence electrons. The highest BCUT2D eigenvalue weighted by Crippen LogP contribution is 2.25. The number of hydrogen-bond acceptors (Lipinski definition) is 4. The maximum atomic E-state index is 13.0. The fourth-order valence-electron chi connectivity index (χ4n) is 4.09. The number of piperidine rings is 1. The third-order valence-electron chi connectivity index (χ3n) is 6.22. The Bertz CT molecular complexity index is 1030. The minimum atomic E-state index is -0.659. The number of ether oxygens (including phenoxy) is 1. The molecule has 2 aromatic rings. The zero-order valence-electron chi connectivity index (χ0n) is 19.1. The van der Waals surface area contributed by atoms with Crippen LogP contribution in [0.15, 0.2) is 48.5 Å². The van der Waals surface area contributed by atoms with Crippen molar-refractivity contribution >= 4 is 35.1 Å². The summed E-state index contributed by atoms with van der Waals surface area (Å²) < 4.78 is 5.15. The number of likely N-dealkylation sites (tertiary alicyclic amines) is 1. The van der Waals surface area contributed by atoms with Gasteiger partial charge in [-0.15, -0.1) is 0 Å². The van der Waals surface area contributed by atoms with Crippen LogP contribution in [-0.2, 0) is 4.79 Å². The molecule has 0 aromatic heterocycles. The zero-order chi connectivity index (χ0) is 24.1. The van der Waals surface area contributed by atoms with Crippen LogP contribution in [0.25, 0.3) is 0 Å². The largest absolute Gasteiger partial charge is 0.497 e. The van der Waals surface area contributed by atoms with Gasteiger partial charge in [-0.2, -0.15) is 0 Å². The van der Waals surface area contributed by atoms with Crippen LogP contribution in [0.3, 0.4) is 0 Å². The van der Waals surface area contributed by atoms with Gasteiger partial charge in [0.05, 0.1) is 7.11 Å². The van der Waals surface area contributed by atoms with Crippen LogP contribution in [0.5, 0.6) is 5.75 Å². The van der Waals surface area contributed by atoms with Crippen LogP contribution in [-0.4, -0.2) is 55.0 Å². The van der Waals surface area contributed by atoms with E-state index in [-0.39, 0.29) is 29.8 Å². The first-order chi connectivity index (χ1) is 16.4.